The molecule has 0 spiro atoms. The number of amides is 2. The monoisotopic (exact) mass is 420 g/mol. The maximum atomic E-state index is 12.9. The molecule has 1 aromatic heterocycles. The van der Waals surface area contributed by atoms with Crippen LogP contribution in [-0.4, -0.2) is 55.4 Å². The number of carbonyl (C=O) groups excluding carboxylic acids is 2. The number of para-hydroxylation sites is 2. The van der Waals surface area contributed by atoms with Crippen LogP contribution >= 0.6 is 11.8 Å². The molecule has 1 atom stereocenters. The first-order valence-corrected chi connectivity index (χ1v) is 10.8. The van der Waals surface area contributed by atoms with Gasteiger partial charge in [-0.2, -0.15) is 0 Å². The minimum atomic E-state index is -3.55. The van der Waals surface area contributed by atoms with Crippen molar-refractivity contribution in [3.05, 3.63) is 42.6 Å². The van der Waals surface area contributed by atoms with Gasteiger partial charge in [0.15, 0.2) is 0 Å². The number of hydrogen-bond donors (Lipinski definition) is 1. The molecule has 28 heavy (non-hydrogen) atoms. The second-order valence-corrected chi connectivity index (χ2v) is 9.88. The van der Waals surface area contributed by atoms with Crippen LogP contribution in [0.4, 0.5) is 11.4 Å². The predicted molar refractivity (Wildman–Crippen MR) is 108 cm³/mol. The lowest BCUT2D eigenvalue weighted by molar-refractivity contribution is -0.121. The van der Waals surface area contributed by atoms with Gasteiger partial charge < -0.3 is 5.32 Å². The zero-order valence-corrected chi connectivity index (χ0v) is 17.3. The fourth-order valence-electron chi connectivity index (χ4n) is 2.68. The van der Waals surface area contributed by atoms with Crippen molar-refractivity contribution in [3.8, 4) is 0 Å². The quantitative estimate of drug-likeness (QED) is 0.741. The number of nitrogens with zero attached hydrogens (tertiary/aromatic N) is 3. The van der Waals surface area contributed by atoms with Crippen LogP contribution in [-0.2, 0) is 19.6 Å². The summed E-state index contributed by atoms with van der Waals surface area (Å²) in [7, 11) is -0.654. The summed E-state index contributed by atoms with van der Waals surface area (Å²) < 4.78 is 25.3. The topological polar surface area (TPSA) is 99.7 Å². The number of hydrogen-bond acceptors (Lipinski definition) is 6. The van der Waals surface area contributed by atoms with Crippen molar-refractivity contribution in [1.82, 2.24) is 9.29 Å². The van der Waals surface area contributed by atoms with E-state index in [0.717, 1.165) is 4.31 Å². The van der Waals surface area contributed by atoms with E-state index in [1.54, 1.807) is 37.3 Å². The van der Waals surface area contributed by atoms with Gasteiger partial charge in [0.05, 0.1) is 21.7 Å². The standard InChI is InChI=1S/C18H20N4O4S2/c1-12(27-17-9-8-13(10-19-17)28(25,26)21(2)3)18(24)22-11-16(23)20-14-6-4-5-7-15(14)22/h4-10,12H,11H2,1-3H3,(H,20,23). The van der Waals surface area contributed by atoms with Crippen molar-refractivity contribution in [1.29, 1.82) is 0 Å². The van der Waals surface area contributed by atoms with Gasteiger partial charge in [-0.15, -0.1) is 0 Å². The second kappa shape index (κ2) is 7.90. The summed E-state index contributed by atoms with van der Waals surface area (Å²) in [6, 6.07) is 10.2. The Morgan fingerprint density at radius 3 is 2.61 bits per heavy atom. The Hall–Kier alpha value is -2.43. The number of fused-ring (bicyclic) bond motifs is 1. The molecule has 2 aromatic rings. The third kappa shape index (κ3) is 4.03. The number of anilines is 2. The first-order chi connectivity index (χ1) is 13.2. The van der Waals surface area contributed by atoms with E-state index in [1.165, 1.54) is 43.0 Å². The minimum absolute atomic E-state index is 0.0474. The highest BCUT2D eigenvalue weighted by Crippen LogP contribution is 2.32. The van der Waals surface area contributed by atoms with E-state index in [9.17, 15) is 18.0 Å². The lowest BCUT2D eigenvalue weighted by Gasteiger charge is -2.30. The van der Waals surface area contributed by atoms with Crippen molar-refractivity contribution in [3.63, 3.8) is 0 Å². The minimum Gasteiger partial charge on any atom is -0.323 e. The number of sulfonamides is 1. The number of benzene rings is 1. The predicted octanol–water partition coefficient (Wildman–Crippen LogP) is 1.80. The molecule has 2 heterocycles. The fourth-order valence-corrected chi connectivity index (χ4v) is 4.38. The van der Waals surface area contributed by atoms with Crippen molar-refractivity contribution >= 4 is 45.0 Å². The van der Waals surface area contributed by atoms with E-state index in [1.807, 2.05) is 0 Å². The second-order valence-electron chi connectivity index (χ2n) is 6.37. The molecule has 1 N–H and O–H groups in total. The molecule has 1 unspecified atom stereocenters. The van der Waals surface area contributed by atoms with Gasteiger partial charge in [0.1, 0.15) is 11.4 Å². The molecule has 0 saturated carbocycles. The van der Waals surface area contributed by atoms with Gasteiger partial charge in [0, 0.05) is 20.3 Å². The summed E-state index contributed by atoms with van der Waals surface area (Å²) in [6.45, 7) is 1.68. The molecule has 10 heteroatoms. The van der Waals surface area contributed by atoms with Crippen LogP contribution in [0.5, 0.6) is 0 Å². The van der Waals surface area contributed by atoms with Crippen LogP contribution in [0.25, 0.3) is 0 Å². The van der Waals surface area contributed by atoms with Gasteiger partial charge in [-0.1, -0.05) is 23.9 Å². The van der Waals surface area contributed by atoms with Gasteiger partial charge in [0.25, 0.3) is 0 Å². The first-order valence-electron chi connectivity index (χ1n) is 8.45. The SMILES string of the molecule is CC(Sc1ccc(S(=O)(=O)N(C)C)cn1)C(=O)N1CC(=O)Nc2ccccc21. The number of aromatic nitrogens is 1. The Bertz CT molecular complexity index is 1010. The smallest absolute Gasteiger partial charge is 0.244 e. The lowest BCUT2D eigenvalue weighted by atomic mass is 10.2. The molecule has 0 bridgehead atoms. The van der Waals surface area contributed by atoms with Crippen molar-refractivity contribution in [2.75, 3.05) is 30.9 Å². The van der Waals surface area contributed by atoms with Crippen molar-refractivity contribution in [2.24, 2.45) is 0 Å². The molecular weight excluding hydrogens is 400 g/mol. The highest BCUT2D eigenvalue weighted by atomic mass is 32.2. The average Bonchev–Trinajstić information content (AvgIpc) is 2.67. The van der Waals surface area contributed by atoms with Crippen LogP contribution in [0, 0.1) is 0 Å². The Kier molecular flexibility index (Phi) is 5.73. The van der Waals surface area contributed by atoms with Crippen LogP contribution in [0.3, 0.4) is 0 Å². The van der Waals surface area contributed by atoms with E-state index in [-0.39, 0.29) is 23.3 Å². The molecule has 2 amide bonds. The van der Waals surface area contributed by atoms with Crippen LogP contribution in [0.2, 0.25) is 0 Å². The van der Waals surface area contributed by atoms with Crippen molar-refractivity contribution < 1.29 is 18.0 Å². The average molecular weight is 421 g/mol. The molecule has 0 saturated heterocycles. The third-order valence-corrected chi connectivity index (χ3v) is 7.01. The number of carbonyl (C=O) groups is 2. The molecule has 1 aromatic carbocycles. The highest BCUT2D eigenvalue weighted by molar-refractivity contribution is 8.00. The summed E-state index contributed by atoms with van der Waals surface area (Å²) in [6.07, 6.45) is 1.28. The normalized spacial score (nSPS) is 15.1. The summed E-state index contributed by atoms with van der Waals surface area (Å²) in [5.41, 5.74) is 1.25. The van der Waals surface area contributed by atoms with E-state index in [4.69, 9.17) is 0 Å². The first kappa shape index (κ1) is 20.3. The van der Waals surface area contributed by atoms with Gasteiger partial charge in [-0.05, 0) is 31.2 Å². The zero-order chi connectivity index (χ0) is 20.5. The molecule has 0 radical (unpaired) electrons. The van der Waals surface area contributed by atoms with E-state index in [0.29, 0.717) is 16.4 Å². The molecule has 0 aliphatic carbocycles. The summed E-state index contributed by atoms with van der Waals surface area (Å²) >= 11 is 1.21. The van der Waals surface area contributed by atoms with Crippen molar-refractivity contribution in [2.45, 2.75) is 22.1 Å². The Morgan fingerprint density at radius 1 is 1.25 bits per heavy atom. The van der Waals surface area contributed by atoms with Gasteiger partial charge in [-0.25, -0.2) is 17.7 Å². The molecule has 8 nitrogen and oxygen atoms in total. The van der Waals surface area contributed by atoms with Gasteiger partial charge >= 0.3 is 0 Å². The largest absolute Gasteiger partial charge is 0.323 e. The van der Waals surface area contributed by atoms with E-state index in [2.05, 4.69) is 10.3 Å². The summed E-state index contributed by atoms with van der Waals surface area (Å²) in [5.74, 6) is -0.472. The van der Waals surface area contributed by atoms with E-state index < -0.39 is 15.3 Å². The molecule has 3 rings (SSSR count). The van der Waals surface area contributed by atoms with Crippen LogP contribution in [0.15, 0.2) is 52.5 Å². The molecule has 148 valence electrons. The summed E-state index contributed by atoms with van der Waals surface area (Å²) in [5, 5.41) is 2.76. The summed E-state index contributed by atoms with van der Waals surface area (Å²) in [4.78, 5) is 30.5. The van der Waals surface area contributed by atoms with E-state index >= 15 is 0 Å². The van der Waals surface area contributed by atoms with Crippen LogP contribution < -0.4 is 10.2 Å². The maximum Gasteiger partial charge on any atom is 0.244 e. The Morgan fingerprint density at radius 2 is 1.96 bits per heavy atom. The Balaban J connectivity index is 1.76. The number of nitrogens with one attached hydrogen (secondary N) is 1. The number of thioether (sulfide) groups is 1. The number of pyridine rings is 1. The molecular formula is C18H20N4O4S2. The lowest BCUT2D eigenvalue weighted by Crippen LogP contribution is -2.45. The van der Waals surface area contributed by atoms with Crippen LogP contribution in [0.1, 0.15) is 6.92 Å². The molecule has 1 aliphatic rings. The molecule has 0 fully saturated rings. The number of rotatable bonds is 5. The molecule has 1 aliphatic heterocycles. The van der Waals surface area contributed by atoms with Gasteiger partial charge in [-0.3, -0.25) is 14.5 Å². The Labute approximate surface area is 168 Å². The maximum absolute atomic E-state index is 12.9. The van der Waals surface area contributed by atoms with Gasteiger partial charge in [0.2, 0.25) is 21.8 Å². The third-order valence-electron chi connectivity index (χ3n) is 4.17. The fraction of sp³-hybridized carbons (Fsp3) is 0.278. The zero-order valence-electron chi connectivity index (χ0n) is 15.6. The highest BCUT2D eigenvalue weighted by Gasteiger charge is 2.30.